The van der Waals surface area contributed by atoms with Gasteiger partial charge in [-0.1, -0.05) is 6.92 Å². The molecule has 0 radical (unpaired) electrons. The molecule has 0 heterocycles. The van der Waals surface area contributed by atoms with Crippen LogP contribution in [0.1, 0.15) is 30.9 Å². The van der Waals surface area contributed by atoms with Crippen molar-refractivity contribution < 1.29 is 23.8 Å². The summed E-state index contributed by atoms with van der Waals surface area (Å²) < 4.78 is 20.9. The molecule has 2 aromatic rings. The molecule has 5 nitrogen and oxygen atoms in total. The highest BCUT2D eigenvalue weighted by Gasteiger charge is 2.11. The van der Waals surface area contributed by atoms with Gasteiger partial charge < -0.3 is 15.2 Å². The van der Waals surface area contributed by atoms with Gasteiger partial charge in [-0.05, 0) is 79.7 Å². The minimum Gasteiger partial charge on any atom is -0.487 e. The van der Waals surface area contributed by atoms with Gasteiger partial charge in [-0.15, -0.1) is 0 Å². The van der Waals surface area contributed by atoms with Gasteiger partial charge in [-0.2, -0.15) is 0 Å². The summed E-state index contributed by atoms with van der Waals surface area (Å²) >= 11 is 6.83. The lowest BCUT2D eigenvalue weighted by molar-refractivity contribution is -0.137. The minimum atomic E-state index is -0.861. The van der Waals surface area contributed by atoms with Crippen LogP contribution >= 0.6 is 31.9 Å². The lowest BCUT2D eigenvalue weighted by Crippen LogP contribution is -2.10. The molecule has 0 unspecified atom stereocenters. The van der Waals surface area contributed by atoms with Gasteiger partial charge >= 0.3 is 5.97 Å². The van der Waals surface area contributed by atoms with E-state index in [9.17, 15) is 14.0 Å². The number of anilines is 1. The van der Waals surface area contributed by atoms with E-state index in [1.54, 1.807) is 25.1 Å². The van der Waals surface area contributed by atoms with Crippen LogP contribution in [-0.4, -0.2) is 17.0 Å². The summed E-state index contributed by atoms with van der Waals surface area (Å²) in [6.07, 6.45) is 0.738. The normalized spacial score (nSPS) is 10.5. The Hall–Kier alpha value is -1.93. The number of benzene rings is 2. The molecular weight excluding hydrogens is 485 g/mol. The molecule has 2 rings (SSSR count). The van der Waals surface area contributed by atoms with Crippen LogP contribution in [0.2, 0.25) is 0 Å². The van der Waals surface area contributed by atoms with E-state index in [4.69, 9.17) is 9.84 Å². The minimum absolute atomic E-state index is 0.0363. The van der Waals surface area contributed by atoms with Gasteiger partial charge in [0.2, 0.25) is 5.91 Å². The summed E-state index contributed by atoms with van der Waals surface area (Å²) in [6.45, 7) is 1.81. The van der Waals surface area contributed by atoms with Crippen molar-refractivity contribution in [1.29, 1.82) is 0 Å². The van der Waals surface area contributed by atoms with Crippen molar-refractivity contribution in [2.75, 3.05) is 5.32 Å². The van der Waals surface area contributed by atoms with E-state index in [1.165, 1.54) is 12.1 Å². The molecule has 8 heteroatoms. The first-order chi connectivity index (χ1) is 12.8. The summed E-state index contributed by atoms with van der Waals surface area (Å²) in [5.74, 6) is -1.00. The Morgan fingerprint density at radius 2 is 1.78 bits per heavy atom. The molecule has 0 aromatic heterocycles. The zero-order chi connectivity index (χ0) is 20.0. The molecule has 0 aliphatic rings. The molecule has 2 N–H and O–H groups in total. The number of hydrogen-bond donors (Lipinski definition) is 2. The second kappa shape index (κ2) is 9.85. The molecule has 0 spiro atoms. The second-order valence-corrected chi connectivity index (χ2v) is 7.53. The Morgan fingerprint density at radius 1 is 1.11 bits per heavy atom. The van der Waals surface area contributed by atoms with Gasteiger partial charge in [0.25, 0.3) is 0 Å². The molecule has 0 atom stereocenters. The van der Waals surface area contributed by atoms with Gasteiger partial charge in [-0.3, -0.25) is 9.59 Å². The third kappa shape index (κ3) is 6.62. The van der Waals surface area contributed by atoms with Crippen LogP contribution in [0.15, 0.2) is 39.3 Å². The number of carboxylic acid groups (broad SMARTS) is 1. The topological polar surface area (TPSA) is 75.6 Å². The highest BCUT2D eigenvalue weighted by atomic mass is 79.9. The SMILES string of the molecule is CCC(=O)Nc1cc(F)cc(COc2c(Br)cc(CCC(=O)O)cc2Br)c1. The summed E-state index contributed by atoms with van der Waals surface area (Å²) in [6, 6.07) is 7.83. The molecule has 0 saturated heterocycles. The van der Waals surface area contributed by atoms with E-state index in [1.807, 2.05) is 0 Å². The Labute approximate surface area is 173 Å². The van der Waals surface area contributed by atoms with Crippen molar-refractivity contribution in [2.45, 2.75) is 32.8 Å². The van der Waals surface area contributed by atoms with Crippen LogP contribution in [0.4, 0.5) is 10.1 Å². The zero-order valence-corrected chi connectivity index (χ0v) is 17.7. The third-order valence-corrected chi connectivity index (χ3v) is 4.81. The number of carboxylic acids is 1. The standard InChI is InChI=1S/C19H18Br2FNO4/c1-2-17(24)23-14-6-12(5-13(22)9-14)10-27-19-15(20)7-11(8-16(19)21)3-4-18(25)26/h5-9H,2-4,10H2,1H3,(H,23,24)(H,25,26). The number of hydrogen-bond acceptors (Lipinski definition) is 3. The molecule has 1 amide bonds. The van der Waals surface area contributed by atoms with E-state index in [0.717, 1.165) is 5.56 Å². The summed E-state index contributed by atoms with van der Waals surface area (Å²) in [5.41, 5.74) is 1.79. The maximum Gasteiger partial charge on any atom is 0.303 e. The first kappa shape index (κ1) is 21.4. The Bertz CT molecular complexity index is 835. The number of aryl methyl sites for hydroxylation is 1. The summed E-state index contributed by atoms with van der Waals surface area (Å²) in [5, 5.41) is 11.4. The van der Waals surface area contributed by atoms with Gasteiger partial charge in [0.1, 0.15) is 18.2 Å². The maximum absolute atomic E-state index is 13.8. The average Bonchev–Trinajstić information content (AvgIpc) is 2.58. The predicted molar refractivity (Wildman–Crippen MR) is 107 cm³/mol. The molecule has 0 bridgehead atoms. The third-order valence-electron chi connectivity index (χ3n) is 3.63. The van der Waals surface area contributed by atoms with Crippen molar-refractivity contribution in [3.8, 4) is 5.75 Å². The van der Waals surface area contributed by atoms with E-state index < -0.39 is 11.8 Å². The molecular formula is C19H18Br2FNO4. The fourth-order valence-corrected chi connectivity index (χ4v) is 3.87. The van der Waals surface area contributed by atoms with Gasteiger partial charge in [0.05, 0.1) is 8.95 Å². The van der Waals surface area contributed by atoms with Crippen LogP contribution in [0.5, 0.6) is 5.75 Å². The van der Waals surface area contributed by atoms with Crippen molar-refractivity contribution in [3.05, 3.63) is 56.2 Å². The molecule has 0 aliphatic carbocycles. The zero-order valence-electron chi connectivity index (χ0n) is 14.5. The number of nitrogens with one attached hydrogen (secondary N) is 1. The largest absolute Gasteiger partial charge is 0.487 e. The Morgan fingerprint density at radius 3 is 2.37 bits per heavy atom. The molecule has 2 aromatic carbocycles. The van der Waals surface area contributed by atoms with E-state index >= 15 is 0 Å². The van der Waals surface area contributed by atoms with Crippen LogP contribution in [-0.2, 0) is 22.6 Å². The number of halogens is 3. The fourth-order valence-electron chi connectivity index (χ4n) is 2.36. The molecule has 144 valence electrons. The van der Waals surface area contributed by atoms with Crippen molar-refractivity contribution in [3.63, 3.8) is 0 Å². The summed E-state index contributed by atoms with van der Waals surface area (Å²) in [4.78, 5) is 22.2. The van der Waals surface area contributed by atoms with Crippen molar-refractivity contribution in [2.24, 2.45) is 0 Å². The number of ether oxygens (including phenoxy) is 1. The number of amides is 1. The van der Waals surface area contributed by atoms with E-state index in [-0.39, 0.29) is 18.9 Å². The van der Waals surface area contributed by atoms with Gasteiger partial charge in [0.15, 0.2) is 0 Å². The van der Waals surface area contributed by atoms with Crippen LogP contribution in [0.25, 0.3) is 0 Å². The summed E-state index contributed by atoms with van der Waals surface area (Å²) in [7, 11) is 0. The van der Waals surface area contributed by atoms with Gasteiger partial charge in [-0.25, -0.2) is 4.39 Å². The average molecular weight is 503 g/mol. The number of carbonyl (C=O) groups is 2. The number of aliphatic carboxylic acids is 1. The molecule has 0 fully saturated rings. The number of rotatable bonds is 8. The lowest BCUT2D eigenvalue weighted by Gasteiger charge is -2.13. The van der Waals surface area contributed by atoms with E-state index in [2.05, 4.69) is 37.2 Å². The molecule has 0 aliphatic heterocycles. The highest BCUT2D eigenvalue weighted by molar-refractivity contribution is 9.11. The molecule has 27 heavy (non-hydrogen) atoms. The number of carbonyl (C=O) groups excluding carboxylic acids is 1. The van der Waals surface area contributed by atoms with Crippen LogP contribution in [0, 0.1) is 5.82 Å². The smallest absolute Gasteiger partial charge is 0.303 e. The predicted octanol–water partition coefficient (Wildman–Crippen LogP) is 5.30. The fraction of sp³-hybridized carbons (Fsp3) is 0.263. The first-order valence-electron chi connectivity index (χ1n) is 8.20. The van der Waals surface area contributed by atoms with Crippen molar-refractivity contribution in [1.82, 2.24) is 0 Å². The van der Waals surface area contributed by atoms with Gasteiger partial charge in [0, 0.05) is 18.5 Å². The monoisotopic (exact) mass is 501 g/mol. The quantitative estimate of drug-likeness (QED) is 0.513. The Kier molecular flexibility index (Phi) is 7.79. The van der Waals surface area contributed by atoms with E-state index in [0.29, 0.717) is 38.8 Å². The highest BCUT2D eigenvalue weighted by Crippen LogP contribution is 2.35. The second-order valence-electron chi connectivity index (χ2n) is 5.82. The maximum atomic E-state index is 13.8. The first-order valence-corrected chi connectivity index (χ1v) is 9.79. The van der Waals surface area contributed by atoms with Crippen LogP contribution < -0.4 is 10.1 Å². The van der Waals surface area contributed by atoms with Crippen LogP contribution in [0.3, 0.4) is 0 Å². The molecule has 0 saturated carbocycles. The lowest BCUT2D eigenvalue weighted by atomic mass is 10.1. The Balaban J connectivity index is 2.12. The van der Waals surface area contributed by atoms with Crippen molar-refractivity contribution >= 4 is 49.4 Å².